The summed E-state index contributed by atoms with van der Waals surface area (Å²) in [5, 5.41) is 9.95. The molecule has 2 rings (SSSR count). The van der Waals surface area contributed by atoms with Gasteiger partial charge in [0.05, 0.1) is 0 Å². The summed E-state index contributed by atoms with van der Waals surface area (Å²) in [6, 6.07) is 12.6. The van der Waals surface area contributed by atoms with Gasteiger partial charge in [0.1, 0.15) is 5.75 Å². The molecule has 0 radical (unpaired) electrons. The standard InChI is InChI=1S/C13H12O2S2/c1-17(15)9-6-7-10(12(14)8-9)11-4-2-3-5-13(11)16/h2-8,14,16H,1H3. The van der Waals surface area contributed by atoms with Crippen LogP contribution in [0, 0.1) is 0 Å². The summed E-state index contributed by atoms with van der Waals surface area (Å²) in [6.07, 6.45) is 1.58. The molecule has 0 heterocycles. The Hall–Kier alpha value is -1.26. The van der Waals surface area contributed by atoms with Crippen LogP contribution in [-0.2, 0) is 10.8 Å². The summed E-state index contributed by atoms with van der Waals surface area (Å²) in [5.74, 6) is 0.124. The zero-order valence-corrected chi connectivity index (χ0v) is 11.0. The molecule has 88 valence electrons. The van der Waals surface area contributed by atoms with Crippen molar-refractivity contribution in [1.29, 1.82) is 0 Å². The Morgan fingerprint density at radius 2 is 1.82 bits per heavy atom. The van der Waals surface area contributed by atoms with E-state index in [1.165, 1.54) is 6.07 Å². The van der Waals surface area contributed by atoms with Crippen molar-refractivity contribution in [3.05, 3.63) is 42.5 Å². The highest BCUT2D eigenvalue weighted by atomic mass is 32.2. The first-order chi connectivity index (χ1) is 8.09. The van der Waals surface area contributed by atoms with Crippen LogP contribution in [0.3, 0.4) is 0 Å². The van der Waals surface area contributed by atoms with Crippen molar-refractivity contribution in [2.75, 3.05) is 6.26 Å². The van der Waals surface area contributed by atoms with Crippen LogP contribution in [0.1, 0.15) is 0 Å². The Morgan fingerprint density at radius 1 is 1.12 bits per heavy atom. The minimum Gasteiger partial charge on any atom is -0.507 e. The lowest BCUT2D eigenvalue weighted by molar-refractivity contribution is 0.475. The molecule has 2 nitrogen and oxygen atoms in total. The van der Waals surface area contributed by atoms with Crippen LogP contribution in [0.15, 0.2) is 52.3 Å². The molecule has 0 amide bonds. The van der Waals surface area contributed by atoms with E-state index in [-0.39, 0.29) is 5.75 Å². The molecule has 2 aromatic carbocycles. The third-order valence-corrected chi connectivity index (χ3v) is 3.80. The Labute approximate surface area is 108 Å². The van der Waals surface area contributed by atoms with Gasteiger partial charge in [0, 0.05) is 32.4 Å². The number of hydrogen-bond acceptors (Lipinski definition) is 3. The predicted octanol–water partition coefficient (Wildman–Crippen LogP) is 3.09. The second-order valence-electron chi connectivity index (χ2n) is 3.65. The zero-order valence-electron chi connectivity index (χ0n) is 9.25. The monoisotopic (exact) mass is 264 g/mol. The molecule has 0 aliphatic rings. The second-order valence-corrected chi connectivity index (χ2v) is 5.51. The minimum atomic E-state index is -1.09. The molecule has 0 bridgehead atoms. The maximum atomic E-state index is 11.3. The number of hydrogen-bond donors (Lipinski definition) is 2. The largest absolute Gasteiger partial charge is 0.507 e. The fourth-order valence-electron chi connectivity index (χ4n) is 1.62. The molecule has 0 aliphatic heterocycles. The van der Waals surface area contributed by atoms with Crippen LogP contribution >= 0.6 is 12.6 Å². The average Bonchev–Trinajstić information content (AvgIpc) is 2.30. The van der Waals surface area contributed by atoms with Crippen molar-refractivity contribution in [1.82, 2.24) is 0 Å². The van der Waals surface area contributed by atoms with Crippen molar-refractivity contribution in [2.24, 2.45) is 0 Å². The topological polar surface area (TPSA) is 37.3 Å². The molecule has 17 heavy (non-hydrogen) atoms. The maximum Gasteiger partial charge on any atom is 0.124 e. The molecule has 1 unspecified atom stereocenters. The molecule has 0 spiro atoms. The highest BCUT2D eigenvalue weighted by Gasteiger charge is 2.09. The second kappa shape index (κ2) is 4.94. The van der Waals surface area contributed by atoms with Gasteiger partial charge in [-0.2, -0.15) is 0 Å². The van der Waals surface area contributed by atoms with Crippen LogP contribution < -0.4 is 0 Å². The molecule has 1 atom stereocenters. The first-order valence-corrected chi connectivity index (χ1v) is 7.05. The van der Waals surface area contributed by atoms with Gasteiger partial charge in [-0.15, -0.1) is 12.6 Å². The van der Waals surface area contributed by atoms with Crippen molar-refractivity contribution < 1.29 is 9.32 Å². The van der Waals surface area contributed by atoms with Crippen LogP contribution in [0.2, 0.25) is 0 Å². The Balaban J connectivity index is 2.55. The SMILES string of the molecule is CS(=O)c1ccc(-c2ccccc2S)c(O)c1. The van der Waals surface area contributed by atoms with Crippen LogP contribution in [0.25, 0.3) is 11.1 Å². The highest BCUT2D eigenvalue weighted by molar-refractivity contribution is 7.84. The fraction of sp³-hybridized carbons (Fsp3) is 0.0769. The van der Waals surface area contributed by atoms with E-state index in [2.05, 4.69) is 12.6 Å². The lowest BCUT2D eigenvalue weighted by atomic mass is 10.0. The molecule has 1 N–H and O–H groups in total. The van der Waals surface area contributed by atoms with Gasteiger partial charge in [0.2, 0.25) is 0 Å². The molecular weight excluding hydrogens is 252 g/mol. The highest BCUT2D eigenvalue weighted by Crippen LogP contribution is 2.34. The Morgan fingerprint density at radius 3 is 2.41 bits per heavy atom. The lowest BCUT2D eigenvalue weighted by Crippen LogP contribution is -1.88. The number of rotatable bonds is 2. The van der Waals surface area contributed by atoms with E-state index in [9.17, 15) is 9.32 Å². The summed E-state index contributed by atoms with van der Waals surface area (Å²) in [5.41, 5.74) is 1.56. The van der Waals surface area contributed by atoms with Gasteiger partial charge in [-0.3, -0.25) is 4.21 Å². The van der Waals surface area contributed by atoms with Gasteiger partial charge >= 0.3 is 0 Å². The fourth-order valence-corrected chi connectivity index (χ4v) is 2.44. The molecule has 0 saturated heterocycles. The van der Waals surface area contributed by atoms with E-state index in [0.29, 0.717) is 10.5 Å². The molecule has 2 aromatic rings. The van der Waals surface area contributed by atoms with Gasteiger partial charge in [-0.05, 0) is 29.8 Å². The average molecular weight is 264 g/mol. The maximum absolute atomic E-state index is 11.3. The van der Waals surface area contributed by atoms with E-state index in [0.717, 1.165) is 10.5 Å². The summed E-state index contributed by atoms with van der Waals surface area (Å²) in [4.78, 5) is 1.41. The molecule has 4 heteroatoms. The number of thiol groups is 1. The third-order valence-electron chi connectivity index (χ3n) is 2.50. The van der Waals surface area contributed by atoms with Crippen molar-refractivity contribution in [3.63, 3.8) is 0 Å². The molecule has 0 aliphatic carbocycles. The first kappa shape index (κ1) is 12.2. The summed E-state index contributed by atoms with van der Waals surface area (Å²) >= 11 is 4.35. The number of phenols is 1. The van der Waals surface area contributed by atoms with Gasteiger partial charge < -0.3 is 5.11 Å². The molecule has 0 saturated carbocycles. The van der Waals surface area contributed by atoms with Gasteiger partial charge in [0.25, 0.3) is 0 Å². The van der Waals surface area contributed by atoms with E-state index >= 15 is 0 Å². The van der Waals surface area contributed by atoms with Gasteiger partial charge in [0.15, 0.2) is 0 Å². The molecular formula is C13H12O2S2. The Kier molecular flexibility index (Phi) is 3.54. The summed E-state index contributed by atoms with van der Waals surface area (Å²) < 4.78 is 11.3. The summed E-state index contributed by atoms with van der Waals surface area (Å²) in [6.45, 7) is 0. The normalized spacial score (nSPS) is 12.4. The lowest BCUT2D eigenvalue weighted by Gasteiger charge is -2.08. The third kappa shape index (κ3) is 2.53. The minimum absolute atomic E-state index is 0.124. The van der Waals surface area contributed by atoms with E-state index in [1.807, 2.05) is 24.3 Å². The first-order valence-electron chi connectivity index (χ1n) is 5.04. The number of phenolic OH excluding ortho intramolecular Hbond substituents is 1. The van der Waals surface area contributed by atoms with Crippen LogP contribution in [0.4, 0.5) is 0 Å². The van der Waals surface area contributed by atoms with Crippen molar-refractivity contribution in [2.45, 2.75) is 9.79 Å². The zero-order chi connectivity index (χ0) is 12.4. The van der Waals surface area contributed by atoms with Gasteiger partial charge in [-0.25, -0.2) is 0 Å². The van der Waals surface area contributed by atoms with Crippen LogP contribution in [0.5, 0.6) is 5.75 Å². The molecule has 0 aromatic heterocycles. The van der Waals surface area contributed by atoms with Gasteiger partial charge in [-0.1, -0.05) is 18.2 Å². The van der Waals surface area contributed by atoms with Crippen LogP contribution in [-0.4, -0.2) is 15.6 Å². The smallest absolute Gasteiger partial charge is 0.124 e. The van der Waals surface area contributed by atoms with Crippen molar-refractivity contribution in [3.8, 4) is 16.9 Å². The number of benzene rings is 2. The number of aromatic hydroxyl groups is 1. The van der Waals surface area contributed by atoms with E-state index < -0.39 is 10.8 Å². The molecule has 0 fully saturated rings. The Bertz CT molecular complexity index is 579. The predicted molar refractivity (Wildman–Crippen MR) is 73.1 cm³/mol. The summed E-state index contributed by atoms with van der Waals surface area (Å²) in [7, 11) is -1.09. The van der Waals surface area contributed by atoms with E-state index in [4.69, 9.17) is 0 Å². The van der Waals surface area contributed by atoms with Crippen molar-refractivity contribution >= 4 is 23.4 Å². The van der Waals surface area contributed by atoms with E-state index in [1.54, 1.807) is 18.4 Å². The quantitative estimate of drug-likeness (QED) is 0.818.